The molecule has 3 aromatic rings. The normalized spacial score (nSPS) is 30.9. The van der Waals surface area contributed by atoms with Crippen molar-refractivity contribution in [1.82, 2.24) is 0 Å². The average Bonchev–Trinajstić information content (AvgIpc) is 3.73. The fourth-order valence-corrected chi connectivity index (χ4v) is 4.88. The number of epoxide rings is 1. The summed E-state index contributed by atoms with van der Waals surface area (Å²) in [5.74, 6) is -1.17. The van der Waals surface area contributed by atoms with Gasteiger partial charge >= 0.3 is 11.9 Å². The molecule has 35 heavy (non-hydrogen) atoms. The van der Waals surface area contributed by atoms with Crippen LogP contribution in [0.3, 0.4) is 0 Å². The lowest BCUT2D eigenvalue weighted by Crippen LogP contribution is -2.58. The number of rotatable bonds is 5. The van der Waals surface area contributed by atoms with Gasteiger partial charge in [0.1, 0.15) is 12.2 Å². The zero-order valence-electron chi connectivity index (χ0n) is 18.8. The Bertz CT molecular complexity index is 1180. The molecule has 6 rings (SSSR count). The van der Waals surface area contributed by atoms with Gasteiger partial charge in [-0.15, -0.1) is 0 Å². The molecule has 0 aromatic heterocycles. The SMILES string of the molecule is O=C(O[C@@H]1[C@@H](OC(=O)c2ccccc2)[C@@H]2O[C@H](c3ccccc3)OC[C@H]2[C@@H]2O[C@H]12)c1ccccc1. The van der Waals surface area contributed by atoms with E-state index in [0.717, 1.165) is 5.56 Å². The number of benzene rings is 3. The quantitative estimate of drug-likeness (QED) is 0.411. The van der Waals surface area contributed by atoms with Crippen molar-refractivity contribution >= 4 is 11.9 Å². The molecule has 1 aliphatic carbocycles. The third-order valence-corrected chi connectivity index (χ3v) is 6.67. The molecule has 1 saturated carbocycles. The summed E-state index contributed by atoms with van der Waals surface area (Å²) in [5.41, 5.74) is 1.67. The van der Waals surface area contributed by atoms with Crippen molar-refractivity contribution in [3.63, 3.8) is 0 Å². The van der Waals surface area contributed by atoms with Gasteiger partial charge in [-0.2, -0.15) is 0 Å². The van der Waals surface area contributed by atoms with Crippen molar-refractivity contribution in [1.29, 1.82) is 0 Å². The Hall–Kier alpha value is -3.52. The molecule has 0 bridgehead atoms. The van der Waals surface area contributed by atoms with E-state index in [1.165, 1.54) is 0 Å². The maximum atomic E-state index is 13.1. The minimum absolute atomic E-state index is 0.153. The molecule has 178 valence electrons. The van der Waals surface area contributed by atoms with E-state index in [-0.39, 0.29) is 12.0 Å². The number of esters is 2. The summed E-state index contributed by atoms with van der Waals surface area (Å²) in [7, 11) is 0. The lowest BCUT2D eigenvalue weighted by Gasteiger charge is -2.43. The molecule has 0 N–H and O–H groups in total. The van der Waals surface area contributed by atoms with Crippen LogP contribution in [0, 0.1) is 5.92 Å². The second-order valence-electron chi connectivity index (χ2n) is 8.88. The lowest BCUT2D eigenvalue weighted by atomic mass is 9.82. The minimum Gasteiger partial charge on any atom is -0.452 e. The number of hydrogen-bond donors (Lipinski definition) is 0. The van der Waals surface area contributed by atoms with Gasteiger partial charge in [-0.25, -0.2) is 9.59 Å². The highest BCUT2D eigenvalue weighted by Gasteiger charge is 2.65. The van der Waals surface area contributed by atoms with Gasteiger partial charge < -0.3 is 23.7 Å². The highest BCUT2D eigenvalue weighted by atomic mass is 16.7. The van der Waals surface area contributed by atoms with E-state index in [0.29, 0.717) is 17.7 Å². The molecule has 3 aliphatic rings. The first-order chi connectivity index (χ1) is 17.2. The molecule has 0 unspecified atom stereocenters. The van der Waals surface area contributed by atoms with E-state index >= 15 is 0 Å². The average molecular weight is 472 g/mol. The third-order valence-electron chi connectivity index (χ3n) is 6.67. The van der Waals surface area contributed by atoms with Crippen molar-refractivity contribution in [3.8, 4) is 0 Å². The van der Waals surface area contributed by atoms with Gasteiger partial charge in [0.25, 0.3) is 0 Å². The van der Waals surface area contributed by atoms with Crippen molar-refractivity contribution in [3.05, 3.63) is 108 Å². The Morgan fingerprint density at radius 2 is 1.14 bits per heavy atom. The highest BCUT2D eigenvalue weighted by Crippen LogP contribution is 2.48. The predicted octanol–water partition coefficient (Wildman–Crippen LogP) is 3.95. The van der Waals surface area contributed by atoms with Crippen molar-refractivity contribution in [2.45, 2.75) is 36.8 Å². The fraction of sp³-hybridized carbons (Fsp3) is 0.286. The summed E-state index contributed by atoms with van der Waals surface area (Å²) >= 11 is 0. The van der Waals surface area contributed by atoms with Gasteiger partial charge in [-0.1, -0.05) is 66.7 Å². The zero-order valence-corrected chi connectivity index (χ0v) is 18.8. The van der Waals surface area contributed by atoms with E-state index in [4.69, 9.17) is 23.7 Å². The predicted molar refractivity (Wildman–Crippen MR) is 123 cm³/mol. The van der Waals surface area contributed by atoms with Gasteiger partial charge in [0.05, 0.1) is 23.8 Å². The maximum Gasteiger partial charge on any atom is 0.338 e. The smallest absolute Gasteiger partial charge is 0.338 e. The Morgan fingerprint density at radius 3 is 1.71 bits per heavy atom. The number of carbonyl (C=O) groups excluding carboxylic acids is 2. The monoisotopic (exact) mass is 472 g/mol. The standard InChI is InChI=1S/C28H24O7/c29-26(17-10-4-1-5-11-17)33-24-22-20(16-31-28(35-22)19-14-8-3-9-15-19)21-23(32-21)25(24)34-27(30)18-12-6-2-7-13-18/h1-15,20-25,28H,16H2/t20-,21-,22+,23-,24-,25-,28+/m0/s1. The molecular weight excluding hydrogens is 448 g/mol. The summed E-state index contributed by atoms with van der Waals surface area (Å²) in [6, 6.07) is 27.0. The van der Waals surface area contributed by atoms with Gasteiger partial charge in [0.15, 0.2) is 18.5 Å². The molecule has 2 aliphatic heterocycles. The van der Waals surface area contributed by atoms with E-state index in [9.17, 15) is 9.59 Å². The van der Waals surface area contributed by atoms with E-state index in [1.807, 2.05) is 42.5 Å². The van der Waals surface area contributed by atoms with Crippen molar-refractivity contribution < 1.29 is 33.3 Å². The van der Waals surface area contributed by atoms with Gasteiger partial charge in [0, 0.05) is 11.5 Å². The zero-order chi connectivity index (χ0) is 23.8. The molecular formula is C28H24O7. The second-order valence-corrected chi connectivity index (χ2v) is 8.88. The Kier molecular flexibility index (Phi) is 5.82. The Labute approximate surface area is 202 Å². The van der Waals surface area contributed by atoms with Crippen LogP contribution in [0.5, 0.6) is 0 Å². The lowest BCUT2D eigenvalue weighted by molar-refractivity contribution is -0.275. The molecule has 3 fully saturated rings. The second kappa shape index (κ2) is 9.26. The van der Waals surface area contributed by atoms with Crippen LogP contribution in [0.4, 0.5) is 0 Å². The van der Waals surface area contributed by atoms with Crippen LogP contribution in [-0.4, -0.2) is 49.1 Å². The van der Waals surface area contributed by atoms with E-state index in [1.54, 1.807) is 48.5 Å². The van der Waals surface area contributed by atoms with Gasteiger partial charge in [-0.3, -0.25) is 0 Å². The van der Waals surface area contributed by atoms with Crippen molar-refractivity contribution in [2.75, 3.05) is 6.61 Å². The fourth-order valence-electron chi connectivity index (χ4n) is 4.88. The van der Waals surface area contributed by atoms with Crippen LogP contribution in [-0.2, 0) is 23.7 Å². The molecule has 2 saturated heterocycles. The molecule has 3 aromatic carbocycles. The molecule has 2 heterocycles. The minimum atomic E-state index is -0.862. The van der Waals surface area contributed by atoms with E-state index in [2.05, 4.69) is 0 Å². The molecule has 0 amide bonds. The van der Waals surface area contributed by atoms with E-state index < -0.39 is 42.6 Å². The maximum absolute atomic E-state index is 13.1. The topological polar surface area (TPSA) is 83.6 Å². The largest absolute Gasteiger partial charge is 0.452 e. The molecule has 0 spiro atoms. The van der Waals surface area contributed by atoms with Crippen LogP contribution in [0.1, 0.15) is 32.6 Å². The van der Waals surface area contributed by atoms with Crippen LogP contribution in [0.15, 0.2) is 91.0 Å². The van der Waals surface area contributed by atoms with Crippen molar-refractivity contribution in [2.24, 2.45) is 5.92 Å². The Morgan fingerprint density at radius 1 is 0.629 bits per heavy atom. The number of hydrogen-bond acceptors (Lipinski definition) is 7. The highest BCUT2D eigenvalue weighted by molar-refractivity contribution is 5.90. The number of carbonyl (C=O) groups is 2. The summed E-state index contributed by atoms with van der Waals surface area (Å²) in [5, 5.41) is 0. The number of fused-ring (bicyclic) bond motifs is 3. The molecule has 0 radical (unpaired) electrons. The number of ether oxygens (including phenoxy) is 5. The first kappa shape index (κ1) is 22.0. The Balaban J connectivity index is 1.30. The van der Waals surface area contributed by atoms with Crippen LogP contribution in [0.2, 0.25) is 0 Å². The summed E-state index contributed by atoms with van der Waals surface area (Å²) < 4.78 is 30.2. The summed E-state index contributed by atoms with van der Waals surface area (Å²) in [6.45, 7) is 0.379. The van der Waals surface area contributed by atoms with Gasteiger partial charge in [0.2, 0.25) is 0 Å². The summed E-state index contributed by atoms with van der Waals surface area (Å²) in [4.78, 5) is 26.0. The molecule has 7 heteroatoms. The van der Waals surface area contributed by atoms with Crippen LogP contribution in [0.25, 0.3) is 0 Å². The molecule has 7 atom stereocenters. The summed E-state index contributed by atoms with van der Waals surface area (Å²) in [6.07, 6.45) is -3.46. The van der Waals surface area contributed by atoms with Gasteiger partial charge in [-0.05, 0) is 24.3 Å². The molecule has 7 nitrogen and oxygen atoms in total. The first-order valence-corrected chi connectivity index (χ1v) is 11.7. The van der Waals surface area contributed by atoms with Crippen LogP contribution < -0.4 is 0 Å². The van der Waals surface area contributed by atoms with Crippen LogP contribution >= 0.6 is 0 Å². The third kappa shape index (κ3) is 4.34. The first-order valence-electron chi connectivity index (χ1n) is 11.7.